The molecule has 0 N–H and O–H groups in total. The zero-order chi connectivity index (χ0) is 20.8. The van der Waals surface area contributed by atoms with Crippen molar-refractivity contribution in [2.45, 2.75) is 18.1 Å². The Morgan fingerprint density at radius 2 is 1.93 bits per heavy atom. The van der Waals surface area contributed by atoms with E-state index >= 15 is 0 Å². The molecule has 0 aromatic carbocycles. The van der Waals surface area contributed by atoms with Gasteiger partial charge in [-0.25, -0.2) is 15.0 Å². The van der Waals surface area contributed by atoms with Gasteiger partial charge in [-0.1, -0.05) is 17.8 Å². The van der Waals surface area contributed by atoms with E-state index in [1.807, 2.05) is 53.2 Å². The Kier molecular flexibility index (Phi) is 6.70. The fourth-order valence-electron chi connectivity index (χ4n) is 3.41. The fraction of sp³-hybridized carbons (Fsp3) is 0.381. The first kappa shape index (κ1) is 20.5. The largest absolute Gasteiger partial charge is 0.341 e. The molecule has 0 saturated carbocycles. The molecule has 0 atom stereocenters. The van der Waals surface area contributed by atoms with Gasteiger partial charge in [-0.15, -0.1) is 0 Å². The van der Waals surface area contributed by atoms with Gasteiger partial charge < -0.3 is 9.47 Å². The second-order valence-electron chi connectivity index (χ2n) is 7.19. The fourth-order valence-corrected chi connectivity index (χ4v) is 4.15. The summed E-state index contributed by atoms with van der Waals surface area (Å²) in [6, 6.07) is 7.55. The van der Waals surface area contributed by atoms with Crippen LogP contribution in [0.5, 0.6) is 0 Å². The van der Waals surface area contributed by atoms with Crippen LogP contribution in [0.4, 0.5) is 0 Å². The minimum Gasteiger partial charge on any atom is -0.341 e. The van der Waals surface area contributed by atoms with E-state index in [-0.39, 0.29) is 5.91 Å². The number of aryl methyl sites for hydroxylation is 1. The summed E-state index contributed by atoms with van der Waals surface area (Å²) in [5, 5.41) is 0.595. The highest BCUT2D eigenvalue weighted by molar-refractivity contribution is 7.99. The standard InChI is InChI=1S/C21H25N7OS/c1-26-12-9-23-19(26)15-27-10-4-11-28(14-13-27)20(29)16-30-21-24-8-6-18(25-21)17-5-2-3-7-22-17/h2-3,5-9,12H,4,10-11,13-16H2,1H3. The van der Waals surface area contributed by atoms with Crippen LogP contribution in [0.3, 0.4) is 0 Å². The molecule has 30 heavy (non-hydrogen) atoms. The third-order valence-electron chi connectivity index (χ3n) is 5.11. The molecular weight excluding hydrogens is 398 g/mol. The van der Waals surface area contributed by atoms with Crippen molar-refractivity contribution in [2.24, 2.45) is 7.05 Å². The van der Waals surface area contributed by atoms with Crippen molar-refractivity contribution in [1.82, 2.24) is 34.3 Å². The van der Waals surface area contributed by atoms with Crippen molar-refractivity contribution in [2.75, 3.05) is 31.9 Å². The number of imidazole rings is 1. The lowest BCUT2D eigenvalue weighted by Gasteiger charge is -2.21. The van der Waals surface area contributed by atoms with Gasteiger partial charge in [0.1, 0.15) is 5.82 Å². The topological polar surface area (TPSA) is 80.0 Å². The van der Waals surface area contributed by atoms with E-state index in [0.717, 1.165) is 56.4 Å². The van der Waals surface area contributed by atoms with Gasteiger partial charge >= 0.3 is 0 Å². The van der Waals surface area contributed by atoms with Gasteiger partial charge in [0.25, 0.3) is 0 Å². The van der Waals surface area contributed by atoms with E-state index in [2.05, 4.69) is 24.8 Å². The lowest BCUT2D eigenvalue weighted by molar-refractivity contribution is -0.128. The third-order valence-corrected chi connectivity index (χ3v) is 5.96. The molecule has 3 aromatic rings. The molecule has 1 aliphatic rings. The second kappa shape index (κ2) is 9.82. The highest BCUT2D eigenvalue weighted by Gasteiger charge is 2.20. The van der Waals surface area contributed by atoms with E-state index in [0.29, 0.717) is 10.9 Å². The summed E-state index contributed by atoms with van der Waals surface area (Å²) in [7, 11) is 2.01. The molecule has 1 aliphatic heterocycles. The number of pyridine rings is 1. The number of carbonyl (C=O) groups is 1. The van der Waals surface area contributed by atoms with Crippen molar-refractivity contribution in [3.05, 3.63) is 54.9 Å². The van der Waals surface area contributed by atoms with Crippen molar-refractivity contribution in [1.29, 1.82) is 0 Å². The molecule has 0 unspecified atom stereocenters. The smallest absolute Gasteiger partial charge is 0.233 e. The predicted octanol–water partition coefficient (Wildman–Crippen LogP) is 2.10. The SMILES string of the molecule is Cn1ccnc1CN1CCCN(C(=O)CSc2nccc(-c3ccccn3)n2)CC1. The Bertz CT molecular complexity index is 978. The number of nitrogens with zero attached hydrogens (tertiary/aromatic N) is 7. The summed E-state index contributed by atoms with van der Waals surface area (Å²) in [4.78, 5) is 34.6. The van der Waals surface area contributed by atoms with Crippen molar-refractivity contribution in [3.8, 4) is 11.4 Å². The lowest BCUT2D eigenvalue weighted by atomic mass is 10.3. The molecule has 1 saturated heterocycles. The zero-order valence-corrected chi connectivity index (χ0v) is 17.8. The summed E-state index contributed by atoms with van der Waals surface area (Å²) in [5.74, 6) is 1.52. The Morgan fingerprint density at radius 1 is 1.00 bits per heavy atom. The number of thioether (sulfide) groups is 1. The molecule has 156 valence electrons. The molecule has 0 bridgehead atoms. The molecule has 0 radical (unpaired) electrons. The van der Waals surface area contributed by atoms with E-state index in [4.69, 9.17) is 0 Å². The molecule has 8 nitrogen and oxygen atoms in total. The predicted molar refractivity (Wildman–Crippen MR) is 116 cm³/mol. The lowest BCUT2D eigenvalue weighted by Crippen LogP contribution is -2.36. The molecule has 1 amide bonds. The monoisotopic (exact) mass is 423 g/mol. The summed E-state index contributed by atoms with van der Waals surface area (Å²) < 4.78 is 2.05. The number of aromatic nitrogens is 5. The van der Waals surface area contributed by atoms with Crippen molar-refractivity contribution < 1.29 is 4.79 Å². The number of rotatable bonds is 6. The van der Waals surface area contributed by atoms with Crippen LogP contribution in [0.15, 0.2) is 54.2 Å². The van der Waals surface area contributed by atoms with Gasteiger partial charge in [0.05, 0.1) is 23.7 Å². The van der Waals surface area contributed by atoms with E-state index in [1.165, 1.54) is 11.8 Å². The Hall–Kier alpha value is -2.78. The minimum atomic E-state index is 0.130. The first-order chi connectivity index (χ1) is 14.7. The molecule has 1 fully saturated rings. The average molecular weight is 424 g/mol. The van der Waals surface area contributed by atoms with Crippen molar-refractivity contribution in [3.63, 3.8) is 0 Å². The van der Waals surface area contributed by atoms with Gasteiger partial charge in [-0.05, 0) is 24.6 Å². The third kappa shape index (κ3) is 5.22. The number of hydrogen-bond donors (Lipinski definition) is 0. The highest BCUT2D eigenvalue weighted by atomic mass is 32.2. The summed E-state index contributed by atoms with van der Waals surface area (Å²) >= 11 is 1.38. The quantitative estimate of drug-likeness (QED) is 0.444. The van der Waals surface area contributed by atoms with Crippen LogP contribution in [0, 0.1) is 0 Å². The first-order valence-electron chi connectivity index (χ1n) is 10.0. The molecule has 4 rings (SSSR count). The molecule has 4 heterocycles. The molecule has 0 spiro atoms. The first-order valence-corrected chi connectivity index (χ1v) is 11.0. The zero-order valence-electron chi connectivity index (χ0n) is 17.0. The number of carbonyl (C=O) groups excluding carboxylic acids is 1. The molecule has 3 aromatic heterocycles. The Morgan fingerprint density at radius 3 is 2.73 bits per heavy atom. The number of hydrogen-bond acceptors (Lipinski definition) is 7. The Labute approximate surface area is 180 Å². The van der Waals surface area contributed by atoms with Crippen molar-refractivity contribution >= 4 is 17.7 Å². The van der Waals surface area contributed by atoms with Gasteiger partial charge in [0.15, 0.2) is 5.16 Å². The van der Waals surface area contributed by atoms with Gasteiger partial charge in [0.2, 0.25) is 5.91 Å². The van der Waals surface area contributed by atoms with E-state index < -0.39 is 0 Å². The van der Waals surface area contributed by atoms with Crippen LogP contribution < -0.4 is 0 Å². The summed E-state index contributed by atoms with van der Waals surface area (Å²) in [5.41, 5.74) is 1.56. The molecular formula is C21H25N7OS. The highest BCUT2D eigenvalue weighted by Crippen LogP contribution is 2.19. The van der Waals surface area contributed by atoms with Gasteiger partial charge in [-0.2, -0.15) is 0 Å². The van der Waals surface area contributed by atoms with Crippen LogP contribution in [0.1, 0.15) is 12.2 Å². The maximum absolute atomic E-state index is 12.8. The summed E-state index contributed by atoms with van der Waals surface area (Å²) in [6.45, 7) is 4.16. The van der Waals surface area contributed by atoms with Crippen LogP contribution in [0.2, 0.25) is 0 Å². The average Bonchev–Trinajstić information content (AvgIpc) is 3.04. The van der Waals surface area contributed by atoms with Crippen LogP contribution >= 0.6 is 11.8 Å². The normalized spacial score (nSPS) is 15.2. The number of amides is 1. The van der Waals surface area contributed by atoms with Crippen LogP contribution in [-0.2, 0) is 18.4 Å². The molecule has 0 aliphatic carbocycles. The van der Waals surface area contributed by atoms with Crippen LogP contribution in [-0.4, -0.2) is 72.1 Å². The molecule has 9 heteroatoms. The minimum absolute atomic E-state index is 0.130. The summed E-state index contributed by atoms with van der Waals surface area (Å²) in [6.07, 6.45) is 8.21. The maximum Gasteiger partial charge on any atom is 0.233 e. The van der Waals surface area contributed by atoms with Crippen LogP contribution in [0.25, 0.3) is 11.4 Å². The second-order valence-corrected chi connectivity index (χ2v) is 8.14. The van der Waals surface area contributed by atoms with E-state index in [1.54, 1.807) is 12.4 Å². The van der Waals surface area contributed by atoms with Gasteiger partial charge in [0, 0.05) is 58.0 Å². The van der Waals surface area contributed by atoms with Gasteiger partial charge in [-0.3, -0.25) is 14.7 Å². The Balaban J connectivity index is 1.30. The maximum atomic E-state index is 12.8. The van der Waals surface area contributed by atoms with E-state index in [9.17, 15) is 4.79 Å².